The summed E-state index contributed by atoms with van der Waals surface area (Å²) in [6.07, 6.45) is 3.52. The third-order valence-electron chi connectivity index (χ3n) is 5.51. The highest BCUT2D eigenvalue weighted by Gasteiger charge is 2.38. The Labute approximate surface area is 163 Å². The van der Waals surface area contributed by atoms with Crippen LogP contribution < -0.4 is 5.56 Å². The maximum atomic E-state index is 13.7. The molecule has 6 heteroatoms. The smallest absolute Gasteiger partial charge is 0.265 e. The highest BCUT2D eigenvalue weighted by molar-refractivity contribution is 7.99. The van der Waals surface area contributed by atoms with Crippen molar-refractivity contribution in [1.82, 2.24) is 19.2 Å². The van der Waals surface area contributed by atoms with E-state index >= 15 is 0 Å². The lowest BCUT2D eigenvalue weighted by molar-refractivity contribution is 0.439. The van der Waals surface area contributed by atoms with Crippen molar-refractivity contribution >= 4 is 17.5 Å². The van der Waals surface area contributed by atoms with E-state index in [-0.39, 0.29) is 11.0 Å². The lowest BCUT2D eigenvalue weighted by Crippen LogP contribution is -2.37. The minimum atomic E-state index is -0.232. The Morgan fingerprint density at radius 2 is 2.11 bits per heavy atom. The van der Waals surface area contributed by atoms with Crippen LogP contribution in [0.5, 0.6) is 0 Å². The third kappa shape index (κ3) is 2.65. The minimum absolute atomic E-state index is 0.0140. The Morgan fingerprint density at radius 3 is 2.81 bits per heavy atom. The maximum Gasteiger partial charge on any atom is 0.265 e. The van der Waals surface area contributed by atoms with Crippen molar-refractivity contribution < 1.29 is 0 Å². The molecule has 0 radical (unpaired) electrons. The summed E-state index contributed by atoms with van der Waals surface area (Å²) >= 11 is 1.57. The monoisotopic (exact) mass is 380 g/mol. The van der Waals surface area contributed by atoms with E-state index in [0.29, 0.717) is 17.5 Å². The van der Waals surface area contributed by atoms with Gasteiger partial charge in [0, 0.05) is 11.0 Å². The lowest BCUT2D eigenvalue weighted by Gasteiger charge is -2.35. The van der Waals surface area contributed by atoms with Gasteiger partial charge in [-0.2, -0.15) is 0 Å². The summed E-state index contributed by atoms with van der Waals surface area (Å²) in [4.78, 5) is 18.7. The summed E-state index contributed by atoms with van der Waals surface area (Å²) in [5, 5.41) is 5.34. The van der Waals surface area contributed by atoms with Crippen molar-refractivity contribution in [2.24, 2.45) is 0 Å². The summed E-state index contributed by atoms with van der Waals surface area (Å²) in [5.41, 5.74) is 3.73. The predicted octanol–water partition coefficient (Wildman–Crippen LogP) is 4.08. The van der Waals surface area contributed by atoms with Crippen molar-refractivity contribution in [3.63, 3.8) is 0 Å². The molecule has 1 aromatic carbocycles. The first-order valence-electron chi connectivity index (χ1n) is 9.40. The average molecular weight is 381 g/mol. The van der Waals surface area contributed by atoms with Gasteiger partial charge < -0.3 is 0 Å². The van der Waals surface area contributed by atoms with Crippen molar-refractivity contribution in [2.45, 2.75) is 50.7 Å². The number of thioether (sulfide) groups is 1. The Morgan fingerprint density at radius 1 is 1.33 bits per heavy atom. The molecule has 5 nitrogen and oxygen atoms in total. The van der Waals surface area contributed by atoms with E-state index in [9.17, 15) is 4.79 Å². The topological polar surface area (TPSA) is 52.2 Å². The van der Waals surface area contributed by atoms with Gasteiger partial charge in [0.2, 0.25) is 5.78 Å². The molecule has 2 heterocycles. The van der Waals surface area contributed by atoms with Crippen molar-refractivity contribution in [2.75, 3.05) is 5.75 Å². The van der Waals surface area contributed by atoms with Gasteiger partial charge in [-0.1, -0.05) is 62.9 Å². The van der Waals surface area contributed by atoms with Crippen LogP contribution in [0.3, 0.4) is 0 Å². The zero-order valence-electron chi connectivity index (χ0n) is 16.0. The van der Waals surface area contributed by atoms with Gasteiger partial charge in [-0.15, -0.1) is 11.7 Å². The van der Waals surface area contributed by atoms with Crippen molar-refractivity contribution in [1.29, 1.82) is 0 Å². The largest absolute Gasteiger partial charge is 0.268 e. The van der Waals surface area contributed by atoms with E-state index in [0.717, 1.165) is 35.4 Å². The van der Waals surface area contributed by atoms with Crippen LogP contribution in [-0.4, -0.2) is 24.9 Å². The van der Waals surface area contributed by atoms with E-state index in [4.69, 9.17) is 4.98 Å². The zero-order chi connectivity index (χ0) is 19.2. The normalized spacial score (nSPS) is 18.3. The molecule has 2 aromatic heterocycles. The van der Waals surface area contributed by atoms with Gasteiger partial charge in [0.15, 0.2) is 5.16 Å². The van der Waals surface area contributed by atoms with E-state index in [1.807, 2.05) is 6.07 Å². The van der Waals surface area contributed by atoms with Gasteiger partial charge in [-0.3, -0.25) is 4.79 Å². The number of nitrogens with zero attached hydrogens (tertiary/aromatic N) is 4. The Balaban J connectivity index is 2.14. The summed E-state index contributed by atoms with van der Waals surface area (Å²) in [5.74, 6) is 1.43. The molecule has 0 N–H and O–H groups in total. The second kappa shape index (κ2) is 6.68. The SMILES string of the molecule is C=CCn1nc(SCC)n2c(=O)c3c(nc12)-c1ccccc1C[C@@]3(C)CC. The van der Waals surface area contributed by atoms with Crippen LogP contribution in [0.25, 0.3) is 17.0 Å². The molecule has 0 spiro atoms. The average Bonchev–Trinajstić information content (AvgIpc) is 3.00. The van der Waals surface area contributed by atoms with Crippen molar-refractivity contribution in [3.05, 3.63) is 58.4 Å². The van der Waals surface area contributed by atoms with Gasteiger partial charge in [0.1, 0.15) is 0 Å². The predicted molar refractivity (Wildman–Crippen MR) is 111 cm³/mol. The maximum absolute atomic E-state index is 13.7. The molecule has 0 aliphatic heterocycles. The molecular formula is C21H24N4OS. The number of hydrogen-bond acceptors (Lipinski definition) is 4. The van der Waals surface area contributed by atoms with Gasteiger partial charge in [-0.25, -0.2) is 14.1 Å². The van der Waals surface area contributed by atoms with Gasteiger partial charge >= 0.3 is 0 Å². The molecule has 0 saturated carbocycles. The lowest BCUT2D eigenvalue weighted by atomic mass is 9.69. The Kier molecular flexibility index (Phi) is 4.46. The van der Waals surface area contributed by atoms with Gasteiger partial charge in [-0.05, 0) is 24.2 Å². The van der Waals surface area contributed by atoms with Crippen LogP contribution in [0.4, 0.5) is 0 Å². The number of allylic oxidation sites excluding steroid dienone is 1. The molecule has 1 aliphatic carbocycles. The molecule has 0 saturated heterocycles. The molecule has 4 rings (SSSR count). The second-order valence-electron chi connectivity index (χ2n) is 7.21. The fourth-order valence-electron chi connectivity index (χ4n) is 3.97. The van der Waals surface area contributed by atoms with Crippen LogP contribution in [0, 0.1) is 0 Å². The molecule has 1 aliphatic rings. The molecule has 1 atom stereocenters. The van der Waals surface area contributed by atoms with E-state index in [2.05, 4.69) is 50.6 Å². The molecule has 140 valence electrons. The van der Waals surface area contributed by atoms with E-state index in [1.165, 1.54) is 5.56 Å². The second-order valence-corrected chi connectivity index (χ2v) is 8.44. The minimum Gasteiger partial charge on any atom is -0.268 e. The first-order valence-corrected chi connectivity index (χ1v) is 10.4. The van der Waals surface area contributed by atoms with Crippen LogP contribution in [0.1, 0.15) is 38.3 Å². The molecule has 0 fully saturated rings. The van der Waals surface area contributed by atoms with Crippen LogP contribution in [-0.2, 0) is 18.4 Å². The van der Waals surface area contributed by atoms with Crippen LogP contribution in [0.2, 0.25) is 0 Å². The van der Waals surface area contributed by atoms with Gasteiger partial charge in [0.25, 0.3) is 5.56 Å². The first-order chi connectivity index (χ1) is 13.0. The summed E-state index contributed by atoms with van der Waals surface area (Å²) in [6, 6.07) is 8.29. The molecular weight excluding hydrogens is 356 g/mol. The van der Waals surface area contributed by atoms with Crippen molar-refractivity contribution in [3.8, 4) is 11.3 Å². The fraction of sp³-hybridized carbons (Fsp3) is 0.381. The van der Waals surface area contributed by atoms with Crippen LogP contribution >= 0.6 is 11.8 Å². The Bertz CT molecular complexity index is 1100. The Hall–Kier alpha value is -2.34. The third-order valence-corrected chi connectivity index (χ3v) is 6.32. The van der Waals surface area contributed by atoms with E-state index < -0.39 is 0 Å². The zero-order valence-corrected chi connectivity index (χ0v) is 16.8. The number of fused-ring (bicyclic) bond motifs is 4. The highest BCUT2D eigenvalue weighted by Crippen LogP contribution is 2.42. The number of aromatic nitrogens is 4. The number of rotatable bonds is 5. The highest BCUT2D eigenvalue weighted by atomic mass is 32.2. The fourth-order valence-corrected chi connectivity index (χ4v) is 4.68. The number of hydrogen-bond donors (Lipinski definition) is 0. The quantitative estimate of drug-likeness (QED) is 0.494. The van der Waals surface area contributed by atoms with E-state index in [1.54, 1.807) is 26.9 Å². The molecule has 0 unspecified atom stereocenters. The first kappa shape index (κ1) is 18.0. The van der Waals surface area contributed by atoms with Crippen LogP contribution in [0.15, 0.2) is 46.9 Å². The van der Waals surface area contributed by atoms with Gasteiger partial charge in [0.05, 0.1) is 17.8 Å². The number of benzene rings is 1. The molecule has 0 bridgehead atoms. The standard InChI is InChI=1S/C21H24N4OS/c1-5-12-24-19-22-17-15-11-9-8-10-14(15)13-21(4,6-2)16(17)18(26)25(19)20(23-24)27-7-3/h5,8-11H,1,6-7,12-13H2,2-4H3/t21-/m1/s1. The summed E-state index contributed by atoms with van der Waals surface area (Å²) < 4.78 is 3.46. The molecule has 0 amide bonds. The summed E-state index contributed by atoms with van der Waals surface area (Å²) in [7, 11) is 0. The summed E-state index contributed by atoms with van der Waals surface area (Å²) in [6.45, 7) is 10.7. The molecule has 3 aromatic rings. The molecule has 27 heavy (non-hydrogen) atoms.